The van der Waals surface area contributed by atoms with Crippen molar-refractivity contribution in [2.45, 2.75) is 0 Å². The van der Waals surface area contributed by atoms with E-state index in [0.717, 1.165) is 10.9 Å². The van der Waals surface area contributed by atoms with Gasteiger partial charge in [-0.05, 0) is 58.4 Å². The Hall–Kier alpha value is -2.27. The Morgan fingerprint density at radius 2 is 2.00 bits per heavy atom. The number of aromatic nitrogens is 1. The summed E-state index contributed by atoms with van der Waals surface area (Å²) < 4.78 is 13.5. The predicted octanol–water partition coefficient (Wildman–Crippen LogP) is 4.39. The number of anilines is 1. The third kappa shape index (κ3) is 2.78. The molecule has 1 heterocycles. The lowest BCUT2D eigenvalue weighted by atomic mass is 10.1. The van der Waals surface area contributed by atoms with Crippen molar-refractivity contribution in [3.05, 3.63) is 70.6 Å². The molecule has 3 rings (SSSR count). The summed E-state index contributed by atoms with van der Waals surface area (Å²) in [7, 11) is 0. The normalized spacial score (nSPS) is 10.6. The van der Waals surface area contributed by atoms with Gasteiger partial charge >= 0.3 is 0 Å². The molecule has 0 radical (unpaired) electrons. The molecule has 1 N–H and O–H groups in total. The number of hydrogen-bond acceptors (Lipinski definition) is 2. The first-order valence-electron chi connectivity index (χ1n) is 6.25. The Labute approximate surface area is 128 Å². The molecule has 3 aromatic rings. The summed E-state index contributed by atoms with van der Waals surface area (Å²) in [5.74, 6) is -0.701. The van der Waals surface area contributed by atoms with Crippen molar-refractivity contribution < 1.29 is 9.18 Å². The fourth-order valence-corrected chi connectivity index (χ4v) is 2.42. The van der Waals surface area contributed by atoms with Gasteiger partial charge in [-0.25, -0.2) is 4.39 Å². The van der Waals surface area contributed by atoms with Gasteiger partial charge in [-0.1, -0.05) is 6.07 Å². The zero-order valence-electron chi connectivity index (χ0n) is 10.8. The smallest absolute Gasteiger partial charge is 0.255 e. The second-order valence-corrected chi connectivity index (χ2v) is 5.31. The molecule has 0 aliphatic carbocycles. The first kappa shape index (κ1) is 13.7. The Balaban J connectivity index is 1.94. The van der Waals surface area contributed by atoms with Crippen LogP contribution in [0.25, 0.3) is 10.9 Å². The summed E-state index contributed by atoms with van der Waals surface area (Å²) in [6, 6.07) is 13.4. The number of fused-ring (bicyclic) bond motifs is 1. The molecule has 0 atom stereocenters. The number of nitrogens with zero attached hydrogens (tertiary/aromatic N) is 1. The zero-order chi connectivity index (χ0) is 14.8. The summed E-state index contributed by atoms with van der Waals surface area (Å²) in [6.45, 7) is 0. The van der Waals surface area contributed by atoms with Crippen LogP contribution in [0.3, 0.4) is 0 Å². The van der Waals surface area contributed by atoms with Crippen molar-refractivity contribution >= 4 is 38.4 Å². The maximum absolute atomic E-state index is 13.2. The summed E-state index contributed by atoms with van der Waals surface area (Å²) in [5.41, 5.74) is 1.85. The highest BCUT2D eigenvalue weighted by Crippen LogP contribution is 2.23. The Morgan fingerprint density at radius 3 is 2.81 bits per heavy atom. The van der Waals surface area contributed by atoms with Crippen molar-refractivity contribution in [2.75, 3.05) is 5.32 Å². The molecule has 5 heteroatoms. The minimum absolute atomic E-state index is 0.259. The molecule has 1 aromatic heterocycles. The van der Waals surface area contributed by atoms with Gasteiger partial charge in [-0.2, -0.15) is 0 Å². The fourth-order valence-electron chi connectivity index (χ4n) is 2.04. The second-order valence-electron chi connectivity index (χ2n) is 4.46. The van der Waals surface area contributed by atoms with E-state index >= 15 is 0 Å². The van der Waals surface area contributed by atoms with Gasteiger partial charge < -0.3 is 5.32 Å². The van der Waals surface area contributed by atoms with E-state index in [9.17, 15) is 9.18 Å². The standard InChI is InChI=1S/C16H10BrFN2O/c17-12-9-10(6-7-13(12)18)16(21)20-15-5-1-4-14-11(15)3-2-8-19-14/h1-9H,(H,20,21). The second kappa shape index (κ2) is 5.61. The lowest BCUT2D eigenvalue weighted by Gasteiger charge is -2.08. The summed E-state index contributed by atoms with van der Waals surface area (Å²) in [4.78, 5) is 16.5. The van der Waals surface area contributed by atoms with Gasteiger partial charge in [0, 0.05) is 17.1 Å². The molecule has 0 spiro atoms. The van der Waals surface area contributed by atoms with Crippen LogP contribution in [0.2, 0.25) is 0 Å². The average molecular weight is 345 g/mol. The van der Waals surface area contributed by atoms with Crippen LogP contribution < -0.4 is 5.32 Å². The largest absolute Gasteiger partial charge is 0.321 e. The minimum atomic E-state index is -0.402. The van der Waals surface area contributed by atoms with E-state index < -0.39 is 5.82 Å². The molecular weight excluding hydrogens is 335 g/mol. The van der Waals surface area contributed by atoms with E-state index in [1.54, 1.807) is 12.3 Å². The molecule has 0 fully saturated rings. The molecule has 0 saturated carbocycles. The molecule has 0 saturated heterocycles. The van der Waals surface area contributed by atoms with E-state index in [4.69, 9.17) is 0 Å². The van der Waals surface area contributed by atoms with E-state index in [1.165, 1.54) is 18.2 Å². The lowest BCUT2D eigenvalue weighted by molar-refractivity contribution is 0.102. The summed E-state index contributed by atoms with van der Waals surface area (Å²) >= 11 is 3.07. The number of pyridine rings is 1. The van der Waals surface area contributed by atoms with Gasteiger partial charge in [0.05, 0.1) is 15.7 Å². The molecule has 0 aliphatic rings. The van der Waals surface area contributed by atoms with E-state index in [2.05, 4.69) is 26.2 Å². The number of benzene rings is 2. The van der Waals surface area contributed by atoms with E-state index in [0.29, 0.717) is 11.3 Å². The average Bonchev–Trinajstić information content (AvgIpc) is 2.50. The van der Waals surface area contributed by atoms with Crippen molar-refractivity contribution in [3.63, 3.8) is 0 Å². The molecule has 0 unspecified atom stereocenters. The van der Waals surface area contributed by atoms with Crippen molar-refractivity contribution in [3.8, 4) is 0 Å². The third-order valence-corrected chi connectivity index (χ3v) is 3.68. The third-order valence-electron chi connectivity index (χ3n) is 3.08. The molecule has 1 amide bonds. The fraction of sp³-hybridized carbons (Fsp3) is 0. The highest BCUT2D eigenvalue weighted by molar-refractivity contribution is 9.10. The number of carbonyl (C=O) groups excluding carboxylic acids is 1. The summed E-state index contributed by atoms with van der Waals surface area (Å²) in [5, 5.41) is 3.68. The number of halogens is 2. The van der Waals surface area contributed by atoms with Crippen molar-refractivity contribution in [1.29, 1.82) is 0 Å². The summed E-state index contributed by atoms with van der Waals surface area (Å²) in [6.07, 6.45) is 1.70. The Kier molecular flexibility index (Phi) is 3.66. The van der Waals surface area contributed by atoms with Crippen molar-refractivity contribution in [1.82, 2.24) is 4.98 Å². The molecule has 2 aromatic carbocycles. The highest BCUT2D eigenvalue weighted by atomic mass is 79.9. The first-order valence-corrected chi connectivity index (χ1v) is 7.04. The maximum Gasteiger partial charge on any atom is 0.255 e. The van der Waals surface area contributed by atoms with Gasteiger partial charge in [-0.15, -0.1) is 0 Å². The van der Waals surface area contributed by atoms with Crippen LogP contribution in [0.5, 0.6) is 0 Å². The van der Waals surface area contributed by atoms with Gasteiger partial charge in [-0.3, -0.25) is 9.78 Å². The van der Waals surface area contributed by atoms with Crippen molar-refractivity contribution in [2.24, 2.45) is 0 Å². The monoisotopic (exact) mass is 344 g/mol. The SMILES string of the molecule is O=C(Nc1cccc2ncccc12)c1ccc(F)c(Br)c1. The molecular formula is C16H10BrFN2O. The van der Waals surface area contributed by atoms with Gasteiger partial charge in [0.15, 0.2) is 0 Å². The maximum atomic E-state index is 13.2. The van der Waals surface area contributed by atoms with Crippen LogP contribution >= 0.6 is 15.9 Å². The van der Waals surface area contributed by atoms with E-state index in [-0.39, 0.29) is 10.4 Å². The Bertz CT molecular complexity index is 830. The molecule has 0 bridgehead atoms. The molecule has 21 heavy (non-hydrogen) atoms. The number of rotatable bonds is 2. The topological polar surface area (TPSA) is 42.0 Å². The molecule has 104 valence electrons. The highest BCUT2D eigenvalue weighted by Gasteiger charge is 2.10. The van der Waals surface area contributed by atoms with E-state index in [1.807, 2.05) is 24.3 Å². The number of carbonyl (C=O) groups is 1. The minimum Gasteiger partial charge on any atom is -0.321 e. The van der Waals surface area contributed by atoms with Gasteiger partial charge in [0.1, 0.15) is 5.82 Å². The van der Waals surface area contributed by atoms with Crippen LogP contribution in [0, 0.1) is 5.82 Å². The van der Waals surface area contributed by atoms with Crippen LogP contribution in [0.4, 0.5) is 10.1 Å². The zero-order valence-corrected chi connectivity index (χ0v) is 12.4. The predicted molar refractivity (Wildman–Crippen MR) is 83.8 cm³/mol. The van der Waals surface area contributed by atoms with Gasteiger partial charge in [0.25, 0.3) is 5.91 Å². The number of amides is 1. The van der Waals surface area contributed by atoms with Crippen LogP contribution in [0.1, 0.15) is 10.4 Å². The lowest BCUT2D eigenvalue weighted by Crippen LogP contribution is -2.12. The van der Waals surface area contributed by atoms with Gasteiger partial charge in [0.2, 0.25) is 0 Å². The molecule has 0 aliphatic heterocycles. The number of hydrogen-bond donors (Lipinski definition) is 1. The van der Waals surface area contributed by atoms with Crippen LogP contribution in [-0.2, 0) is 0 Å². The quantitative estimate of drug-likeness (QED) is 0.749. The number of nitrogens with one attached hydrogen (secondary N) is 1. The molecule has 3 nitrogen and oxygen atoms in total. The first-order chi connectivity index (χ1) is 10.1. The van der Waals surface area contributed by atoms with Crippen LogP contribution in [0.15, 0.2) is 59.2 Å². The Morgan fingerprint density at radius 1 is 1.14 bits per heavy atom. The van der Waals surface area contributed by atoms with Crippen LogP contribution in [-0.4, -0.2) is 10.9 Å².